The van der Waals surface area contributed by atoms with E-state index in [0.717, 1.165) is 26.2 Å². The highest BCUT2D eigenvalue weighted by atomic mass is 16.5. The van der Waals surface area contributed by atoms with Crippen LogP contribution < -0.4 is 5.32 Å². The monoisotopic (exact) mass is 177 g/mol. The second-order valence-corrected chi connectivity index (χ2v) is 3.35. The van der Waals surface area contributed by atoms with Gasteiger partial charge in [0.2, 0.25) is 0 Å². The lowest BCUT2D eigenvalue weighted by atomic mass is 10.1. The summed E-state index contributed by atoms with van der Waals surface area (Å²) in [6.45, 7) is 2.74. The molecule has 2 nitrogen and oxygen atoms in total. The smallest absolute Gasteiger partial charge is 0.0661 e. The molecule has 0 radical (unpaired) electrons. The molecule has 2 heteroatoms. The van der Waals surface area contributed by atoms with Crippen LogP contribution >= 0.6 is 0 Å². The quantitative estimate of drug-likeness (QED) is 0.705. The maximum atomic E-state index is 5.50. The topological polar surface area (TPSA) is 21.3 Å². The summed E-state index contributed by atoms with van der Waals surface area (Å²) in [6, 6.07) is 10.9. The molecule has 0 aliphatic carbocycles. The van der Waals surface area contributed by atoms with Crippen LogP contribution in [0.25, 0.3) is 0 Å². The highest BCUT2D eigenvalue weighted by Crippen LogP contribution is 2.14. The molecule has 1 fully saturated rings. The van der Waals surface area contributed by atoms with Crippen LogP contribution in [0, 0.1) is 0 Å². The third-order valence-corrected chi connectivity index (χ3v) is 2.34. The maximum absolute atomic E-state index is 5.50. The highest BCUT2D eigenvalue weighted by molar-refractivity contribution is 5.18. The van der Waals surface area contributed by atoms with Crippen molar-refractivity contribution >= 4 is 0 Å². The molecule has 1 aromatic carbocycles. The van der Waals surface area contributed by atoms with Gasteiger partial charge in [0, 0.05) is 6.61 Å². The summed E-state index contributed by atoms with van der Waals surface area (Å²) in [5.41, 5.74) is 1.32. The molecule has 2 rings (SSSR count). The van der Waals surface area contributed by atoms with E-state index in [4.69, 9.17) is 4.74 Å². The maximum Gasteiger partial charge on any atom is 0.0661 e. The average Bonchev–Trinajstić information content (AvgIpc) is 2.47. The molecule has 0 saturated carbocycles. The van der Waals surface area contributed by atoms with Gasteiger partial charge in [0.15, 0.2) is 0 Å². The Kier molecular flexibility index (Phi) is 2.95. The van der Waals surface area contributed by atoms with Crippen molar-refractivity contribution in [2.75, 3.05) is 19.8 Å². The van der Waals surface area contributed by atoms with Crippen LogP contribution in [0.2, 0.25) is 0 Å². The number of hydrogen-bond donors (Lipinski definition) is 1. The molecule has 1 N–H and O–H groups in total. The molecular weight excluding hydrogens is 162 g/mol. The van der Waals surface area contributed by atoms with Crippen LogP contribution in [0.3, 0.4) is 0 Å². The lowest BCUT2D eigenvalue weighted by molar-refractivity contribution is 0.131. The molecule has 70 valence electrons. The number of ether oxygens (including phenoxy) is 1. The largest absolute Gasteiger partial charge is 0.379 e. The van der Waals surface area contributed by atoms with Gasteiger partial charge in [-0.1, -0.05) is 30.3 Å². The van der Waals surface area contributed by atoms with Crippen molar-refractivity contribution < 1.29 is 4.74 Å². The van der Waals surface area contributed by atoms with Gasteiger partial charge in [0.05, 0.1) is 12.6 Å². The Morgan fingerprint density at radius 3 is 2.92 bits per heavy atom. The zero-order valence-electron chi connectivity index (χ0n) is 7.70. The van der Waals surface area contributed by atoms with E-state index in [1.54, 1.807) is 0 Å². The van der Waals surface area contributed by atoms with E-state index in [0.29, 0.717) is 6.04 Å². The second kappa shape index (κ2) is 4.40. The fourth-order valence-corrected chi connectivity index (χ4v) is 1.61. The van der Waals surface area contributed by atoms with Gasteiger partial charge in [-0.05, 0) is 18.5 Å². The van der Waals surface area contributed by atoms with Crippen LogP contribution in [-0.2, 0) is 4.74 Å². The lowest BCUT2D eigenvalue weighted by Crippen LogP contribution is -2.23. The summed E-state index contributed by atoms with van der Waals surface area (Å²) in [5, 5.41) is 3.47. The van der Waals surface area contributed by atoms with Gasteiger partial charge in [-0.25, -0.2) is 0 Å². The van der Waals surface area contributed by atoms with Crippen molar-refractivity contribution in [2.45, 2.75) is 12.5 Å². The van der Waals surface area contributed by atoms with E-state index in [1.165, 1.54) is 5.56 Å². The Balaban J connectivity index is 2.06. The average molecular weight is 177 g/mol. The Morgan fingerprint density at radius 2 is 2.08 bits per heavy atom. The SMILES string of the molecule is c1ccc([C@@H]2COCCCN2)cc1. The molecule has 0 unspecified atom stereocenters. The van der Waals surface area contributed by atoms with E-state index in [1.807, 2.05) is 6.07 Å². The molecule has 1 heterocycles. The Morgan fingerprint density at radius 1 is 1.23 bits per heavy atom. The van der Waals surface area contributed by atoms with E-state index >= 15 is 0 Å². The van der Waals surface area contributed by atoms with Gasteiger partial charge in [-0.2, -0.15) is 0 Å². The normalized spacial score (nSPS) is 23.8. The van der Waals surface area contributed by atoms with Crippen LogP contribution in [0.5, 0.6) is 0 Å². The summed E-state index contributed by atoms with van der Waals surface area (Å²) in [5.74, 6) is 0. The van der Waals surface area contributed by atoms with Gasteiger partial charge < -0.3 is 10.1 Å². The number of rotatable bonds is 1. The highest BCUT2D eigenvalue weighted by Gasteiger charge is 2.12. The second-order valence-electron chi connectivity index (χ2n) is 3.35. The molecule has 0 bridgehead atoms. The van der Waals surface area contributed by atoms with E-state index in [-0.39, 0.29) is 0 Å². The lowest BCUT2D eigenvalue weighted by Gasteiger charge is -2.14. The summed E-state index contributed by atoms with van der Waals surface area (Å²) in [7, 11) is 0. The van der Waals surface area contributed by atoms with Crippen molar-refractivity contribution in [3.05, 3.63) is 35.9 Å². The number of hydrogen-bond acceptors (Lipinski definition) is 2. The molecule has 0 aromatic heterocycles. The molecule has 1 aliphatic rings. The minimum atomic E-state index is 0.378. The van der Waals surface area contributed by atoms with E-state index in [2.05, 4.69) is 29.6 Å². The third-order valence-electron chi connectivity index (χ3n) is 2.34. The van der Waals surface area contributed by atoms with Gasteiger partial charge in [0.25, 0.3) is 0 Å². The van der Waals surface area contributed by atoms with Crippen LogP contribution in [0.15, 0.2) is 30.3 Å². The minimum absolute atomic E-state index is 0.378. The minimum Gasteiger partial charge on any atom is -0.379 e. The summed E-state index contributed by atoms with van der Waals surface area (Å²) >= 11 is 0. The van der Waals surface area contributed by atoms with Gasteiger partial charge >= 0.3 is 0 Å². The fraction of sp³-hybridized carbons (Fsp3) is 0.455. The van der Waals surface area contributed by atoms with Crippen LogP contribution in [0.4, 0.5) is 0 Å². The predicted molar refractivity (Wildman–Crippen MR) is 52.6 cm³/mol. The molecule has 1 saturated heterocycles. The first-order valence-electron chi connectivity index (χ1n) is 4.83. The number of nitrogens with one attached hydrogen (secondary N) is 1. The van der Waals surface area contributed by atoms with Crippen molar-refractivity contribution in [1.82, 2.24) is 5.32 Å². The Labute approximate surface area is 78.9 Å². The molecular formula is C11H15NO. The summed E-state index contributed by atoms with van der Waals surface area (Å²) in [4.78, 5) is 0. The molecule has 0 spiro atoms. The van der Waals surface area contributed by atoms with Crippen molar-refractivity contribution in [1.29, 1.82) is 0 Å². The summed E-state index contributed by atoms with van der Waals surface area (Å²) in [6.07, 6.45) is 1.11. The van der Waals surface area contributed by atoms with E-state index < -0.39 is 0 Å². The Bertz CT molecular complexity index is 240. The molecule has 1 aliphatic heterocycles. The first-order valence-corrected chi connectivity index (χ1v) is 4.83. The van der Waals surface area contributed by atoms with Gasteiger partial charge in [0.1, 0.15) is 0 Å². The zero-order chi connectivity index (χ0) is 8.93. The first kappa shape index (κ1) is 8.73. The third kappa shape index (κ3) is 2.29. The van der Waals surface area contributed by atoms with Crippen molar-refractivity contribution in [3.63, 3.8) is 0 Å². The van der Waals surface area contributed by atoms with E-state index in [9.17, 15) is 0 Å². The molecule has 1 aromatic rings. The van der Waals surface area contributed by atoms with Crippen molar-refractivity contribution in [2.24, 2.45) is 0 Å². The zero-order valence-corrected chi connectivity index (χ0v) is 7.70. The van der Waals surface area contributed by atoms with Gasteiger partial charge in [-0.15, -0.1) is 0 Å². The Hall–Kier alpha value is -0.860. The predicted octanol–water partition coefficient (Wildman–Crippen LogP) is 1.74. The first-order chi connectivity index (χ1) is 6.47. The number of benzene rings is 1. The molecule has 0 amide bonds. The van der Waals surface area contributed by atoms with Crippen molar-refractivity contribution in [3.8, 4) is 0 Å². The fourth-order valence-electron chi connectivity index (χ4n) is 1.61. The summed E-state index contributed by atoms with van der Waals surface area (Å²) < 4.78 is 5.50. The van der Waals surface area contributed by atoms with Crippen LogP contribution in [0.1, 0.15) is 18.0 Å². The standard InChI is InChI=1S/C11H15NO/c1-2-5-10(6-3-1)11-9-13-8-4-7-12-11/h1-3,5-6,11-12H,4,7-9H2/t11-/m0/s1. The van der Waals surface area contributed by atoms with Gasteiger partial charge in [-0.3, -0.25) is 0 Å². The van der Waals surface area contributed by atoms with Crippen LogP contribution in [-0.4, -0.2) is 19.8 Å². The molecule has 1 atom stereocenters. The molecule has 13 heavy (non-hydrogen) atoms.